The fraction of sp³-hybridized carbons (Fsp3) is 0.483. The van der Waals surface area contributed by atoms with Crippen LogP contribution in [-0.4, -0.2) is 73.6 Å². The summed E-state index contributed by atoms with van der Waals surface area (Å²) in [5.41, 5.74) is 2.84. The van der Waals surface area contributed by atoms with Gasteiger partial charge in [0.05, 0.1) is 0 Å². The van der Waals surface area contributed by atoms with Crippen LogP contribution < -0.4 is 14.8 Å². The van der Waals surface area contributed by atoms with E-state index in [1.54, 1.807) is 13.1 Å². The number of piperidine rings is 1. The summed E-state index contributed by atoms with van der Waals surface area (Å²) in [6.45, 7) is 1.54. The molecule has 2 aromatic carbocycles. The van der Waals surface area contributed by atoms with Gasteiger partial charge in [-0.2, -0.15) is 0 Å². The predicted molar refractivity (Wildman–Crippen MR) is 138 cm³/mol. The molecule has 0 aromatic heterocycles. The standard InChI is InChI=1S/C29H33N3O6/c1-31-14-12-29-20-9-10-22(33)26(29)38-25-23(11-8-19(24(25)29)16-21(20)31)37-28(35)32(2)15-13-30-27(34)36-17-18-6-4-3-5-7-18/h3-8,11,20-21,26H,9-10,12-17H2,1-2H3,(H,30,34)/t20?,21-,26+,29+/m1/s1. The third kappa shape index (κ3) is 4.00. The van der Waals surface area contributed by atoms with E-state index in [9.17, 15) is 14.4 Å². The Morgan fingerprint density at radius 3 is 2.84 bits per heavy atom. The SMILES string of the molecule is CN(CCNC(=O)OCc1ccccc1)C(=O)Oc1ccc2c3c1O[C@H]1C(=O)CCC4[C@@H](C2)N(C)CC[C@@]341. The maximum absolute atomic E-state index is 13.0. The summed E-state index contributed by atoms with van der Waals surface area (Å²) >= 11 is 0. The number of hydrogen-bond acceptors (Lipinski definition) is 7. The van der Waals surface area contributed by atoms with Crippen molar-refractivity contribution < 1.29 is 28.6 Å². The predicted octanol–water partition coefficient (Wildman–Crippen LogP) is 3.28. The van der Waals surface area contributed by atoms with Crippen LogP contribution in [0.3, 0.4) is 0 Å². The zero-order chi connectivity index (χ0) is 26.4. The van der Waals surface area contributed by atoms with E-state index in [1.165, 1.54) is 10.5 Å². The van der Waals surface area contributed by atoms with Gasteiger partial charge in [0.1, 0.15) is 6.61 Å². The molecule has 1 saturated carbocycles. The van der Waals surface area contributed by atoms with Crippen LogP contribution in [0.25, 0.3) is 0 Å². The molecule has 1 N–H and O–H groups in total. The maximum atomic E-state index is 13.0. The number of nitrogens with one attached hydrogen (secondary N) is 1. The minimum absolute atomic E-state index is 0.147. The summed E-state index contributed by atoms with van der Waals surface area (Å²) < 4.78 is 17.4. The van der Waals surface area contributed by atoms with Gasteiger partial charge in [0.2, 0.25) is 0 Å². The van der Waals surface area contributed by atoms with Gasteiger partial charge in [0.15, 0.2) is 23.4 Å². The van der Waals surface area contributed by atoms with Crippen molar-refractivity contribution in [2.45, 2.75) is 49.9 Å². The molecule has 2 aliphatic heterocycles. The van der Waals surface area contributed by atoms with Crippen molar-refractivity contribution in [1.82, 2.24) is 15.1 Å². The first-order chi connectivity index (χ1) is 18.4. The fourth-order valence-electron chi connectivity index (χ4n) is 6.95. The molecule has 2 fully saturated rings. The number of carbonyl (C=O) groups is 3. The number of rotatable bonds is 6. The number of hydrogen-bond donors (Lipinski definition) is 1. The summed E-state index contributed by atoms with van der Waals surface area (Å²) in [7, 11) is 3.78. The van der Waals surface area contributed by atoms with Crippen LogP contribution in [0.2, 0.25) is 0 Å². The molecule has 2 aliphatic carbocycles. The number of Topliss-reactive ketones (excluding diaryl/α,β-unsaturated/α-hetero) is 1. The van der Waals surface area contributed by atoms with E-state index < -0.39 is 18.3 Å². The van der Waals surface area contributed by atoms with E-state index in [2.05, 4.69) is 17.3 Å². The van der Waals surface area contributed by atoms with E-state index >= 15 is 0 Å². The number of ether oxygens (including phenoxy) is 3. The highest BCUT2D eigenvalue weighted by Gasteiger charge is 2.65. The maximum Gasteiger partial charge on any atom is 0.415 e. The number of likely N-dealkylation sites (tertiary alicyclic amines) is 1. The number of benzene rings is 2. The van der Waals surface area contributed by atoms with Crippen LogP contribution in [0.1, 0.15) is 36.0 Å². The molecule has 9 nitrogen and oxygen atoms in total. The Bertz CT molecular complexity index is 1270. The molecule has 1 saturated heterocycles. The molecule has 9 heteroatoms. The van der Waals surface area contributed by atoms with Crippen molar-refractivity contribution in [3.05, 3.63) is 59.2 Å². The number of alkyl carbamates (subject to hydrolysis) is 1. The van der Waals surface area contributed by atoms with Crippen molar-refractivity contribution in [3.63, 3.8) is 0 Å². The van der Waals surface area contributed by atoms with Crippen LogP contribution in [0, 0.1) is 5.92 Å². The van der Waals surface area contributed by atoms with Gasteiger partial charge < -0.3 is 29.3 Å². The lowest BCUT2D eigenvalue weighted by atomic mass is 9.52. The minimum Gasteiger partial charge on any atom is -0.477 e. The van der Waals surface area contributed by atoms with Gasteiger partial charge in [0.25, 0.3) is 0 Å². The van der Waals surface area contributed by atoms with Gasteiger partial charge in [-0.15, -0.1) is 0 Å². The zero-order valence-corrected chi connectivity index (χ0v) is 21.8. The minimum atomic E-state index is -0.559. The van der Waals surface area contributed by atoms with Crippen molar-refractivity contribution >= 4 is 18.0 Å². The number of likely N-dealkylation sites (N-methyl/N-ethyl adjacent to an activating group) is 2. The van der Waals surface area contributed by atoms with Crippen LogP contribution in [0.5, 0.6) is 11.5 Å². The Labute approximate surface area is 222 Å². The fourth-order valence-corrected chi connectivity index (χ4v) is 6.95. The summed E-state index contributed by atoms with van der Waals surface area (Å²) in [6, 6.07) is 13.6. The van der Waals surface area contributed by atoms with Gasteiger partial charge in [-0.1, -0.05) is 36.4 Å². The Hall–Kier alpha value is -3.59. The Morgan fingerprint density at radius 2 is 2.03 bits per heavy atom. The Balaban J connectivity index is 1.11. The molecule has 1 spiro atoms. The highest BCUT2D eigenvalue weighted by molar-refractivity contribution is 5.89. The van der Waals surface area contributed by atoms with E-state index in [1.807, 2.05) is 36.4 Å². The number of carbonyl (C=O) groups excluding carboxylic acids is 3. The molecule has 2 amide bonds. The lowest BCUT2D eigenvalue weighted by molar-refractivity contribution is -0.138. The molecule has 1 unspecified atom stereocenters. The molecule has 2 bridgehead atoms. The second-order valence-electron chi connectivity index (χ2n) is 10.9. The topological polar surface area (TPSA) is 97.4 Å². The first-order valence-corrected chi connectivity index (χ1v) is 13.3. The van der Waals surface area contributed by atoms with Gasteiger partial charge >= 0.3 is 12.2 Å². The van der Waals surface area contributed by atoms with Gasteiger partial charge in [-0.3, -0.25) is 4.79 Å². The van der Waals surface area contributed by atoms with E-state index in [0.717, 1.165) is 36.9 Å². The van der Waals surface area contributed by atoms with Crippen LogP contribution >= 0.6 is 0 Å². The molecule has 0 radical (unpaired) electrons. The summed E-state index contributed by atoms with van der Waals surface area (Å²) in [4.78, 5) is 41.8. The molecule has 2 aromatic rings. The lowest BCUT2D eigenvalue weighted by Crippen LogP contribution is -2.65. The quantitative estimate of drug-likeness (QED) is 0.626. The number of amides is 2. The van der Waals surface area contributed by atoms with Crippen molar-refractivity contribution in [2.75, 3.05) is 33.7 Å². The van der Waals surface area contributed by atoms with E-state index in [-0.39, 0.29) is 30.9 Å². The Kier molecular flexibility index (Phi) is 6.26. The summed E-state index contributed by atoms with van der Waals surface area (Å²) in [5, 5.41) is 2.65. The van der Waals surface area contributed by atoms with Gasteiger partial charge in [-0.25, -0.2) is 9.59 Å². The molecule has 38 heavy (non-hydrogen) atoms. The number of nitrogens with zero attached hydrogens (tertiary/aromatic N) is 2. The molecule has 2 heterocycles. The third-order valence-corrected chi connectivity index (χ3v) is 8.81. The first kappa shape index (κ1) is 24.7. The second kappa shape index (κ2) is 9.62. The van der Waals surface area contributed by atoms with Crippen LogP contribution in [-0.2, 0) is 28.0 Å². The van der Waals surface area contributed by atoms with E-state index in [4.69, 9.17) is 14.2 Å². The average molecular weight is 520 g/mol. The Morgan fingerprint density at radius 1 is 1.21 bits per heavy atom. The molecule has 6 rings (SSSR count). The molecular weight excluding hydrogens is 486 g/mol. The highest BCUT2D eigenvalue weighted by atomic mass is 16.6. The average Bonchev–Trinajstić information content (AvgIpc) is 3.28. The lowest BCUT2D eigenvalue weighted by Gasteiger charge is -2.57. The van der Waals surface area contributed by atoms with Crippen molar-refractivity contribution in [3.8, 4) is 11.5 Å². The zero-order valence-electron chi connectivity index (χ0n) is 21.8. The van der Waals surface area contributed by atoms with Crippen LogP contribution in [0.15, 0.2) is 42.5 Å². The second-order valence-corrected chi connectivity index (χ2v) is 10.9. The summed E-state index contributed by atoms with van der Waals surface area (Å²) in [6.07, 6.45) is 1.57. The first-order valence-electron chi connectivity index (χ1n) is 13.3. The molecule has 4 aliphatic rings. The molecular formula is C29H33N3O6. The van der Waals surface area contributed by atoms with Crippen LogP contribution in [0.4, 0.5) is 9.59 Å². The highest BCUT2D eigenvalue weighted by Crippen LogP contribution is 2.63. The van der Waals surface area contributed by atoms with Gasteiger partial charge in [0, 0.05) is 43.6 Å². The monoisotopic (exact) mass is 519 g/mol. The molecule has 200 valence electrons. The largest absolute Gasteiger partial charge is 0.477 e. The van der Waals surface area contributed by atoms with Gasteiger partial charge in [-0.05, 0) is 56.0 Å². The van der Waals surface area contributed by atoms with E-state index in [0.29, 0.717) is 29.9 Å². The smallest absolute Gasteiger partial charge is 0.415 e. The van der Waals surface area contributed by atoms with Crippen molar-refractivity contribution in [1.29, 1.82) is 0 Å². The molecule has 4 atom stereocenters. The normalized spacial score (nSPS) is 26.7. The number of ketones is 1. The third-order valence-electron chi connectivity index (χ3n) is 8.81. The van der Waals surface area contributed by atoms with Crippen molar-refractivity contribution in [2.24, 2.45) is 5.92 Å². The summed E-state index contributed by atoms with van der Waals surface area (Å²) in [5.74, 6) is 1.41.